The monoisotopic (exact) mass is 259 g/mol. The van der Waals surface area contributed by atoms with Gasteiger partial charge in [-0.25, -0.2) is 4.98 Å². The molecule has 0 unspecified atom stereocenters. The molecule has 0 fully saturated rings. The lowest BCUT2D eigenvalue weighted by Crippen LogP contribution is -2.32. The number of pyridine rings is 1. The first-order valence-electron chi connectivity index (χ1n) is 4.95. The van der Waals surface area contributed by atoms with Crippen LogP contribution in [-0.2, 0) is 4.74 Å². The van der Waals surface area contributed by atoms with Crippen molar-refractivity contribution in [2.75, 3.05) is 19.0 Å². The molecule has 0 bridgehead atoms. The molecule has 0 saturated heterocycles. The summed E-state index contributed by atoms with van der Waals surface area (Å²) in [4.78, 5) is 14.2. The van der Waals surface area contributed by atoms with Gasteiger partial charge >= 0.3 is 5.69 Å². The summed E-state index contributed by atoms with van der Waals surface area (Å²) in [7, 11) is 1.57. The number of nitrogens with one attached hydrogen (secondary N) is 1. The van der Waals surface area contributed by atoms with Crippen LogP contribution in [0, 0.1) is 10.1 Å². The molecule has 0 saturated carbocycles. The number of anilines is 1. The number of methoxy groups -OCH3 is 1. The van der Waals surface area contributed by atoms with Crippen molar-refractivity contribution >= 4 is 23.1 Å². The fraction of sp³-hybridized carbons (Fsp3) is 0.500. The maximum Gasteiger partial charge on any atom is 0.312 e. The van der Waals surface area contributed by atoms with Gasteiger partial charge in [0.05, 0.1) is 15.5 Å². The predicted octanol–water partition coefficient (Wildman–Crippen LogP) is 2.48. The minimum atomic E-state index is -0.527. The smallest absolute Gasteiger partial charge is 0.312 e. The highest BCUT2D eigenvalue weighted by Gasteiger charge is 2.20. The number of halogens is 1. The predicted molar refractivity (Wildman–Crippen MR) is 65.5 cm³/mol. The second kappa shape index (κ2) is 5.29. The van der Waals surface area contributed by atoms with Gasteiger partial charge in [-0.3, -0.25) is 10.1 Å². The van der Waals surface area contributed by atoms with Gasteiger partial charge in [0.15, 0.2) is 0 Å². The van der Waals surface area contributed by atoms with Crippen molar-refractivity contribution in [3.8, 4) is 0 Å². The lowest BCUT2D eigenvalue weighted by Gasteiger charge is -2.23. The Morgan fingerprint density at radius 2 is 2.29 bits per heavy atom. The molecule has 0 amide bonds. The van der Waals surface area contributed by atoms with Crippen LogP contribution in [0.15, 0.2) is 12.3 Å². The van der Waals surface area contributed by atoms with Gasteiger partial charge < -0.3 is 10.1 Å². The lowest BCUT2D eigenvalue weighted by atomic mass is 10.1. The van der Waals surface area contributed by atoms with E-state index in [1.165, 1.54) is 12.3 Å². The summed E-state index contributed by atoms with van der Waals surface area (Å²) < 4.78 is 5.20. The number of hydrogen-bond acceptors (Lipinski definition) is 5. The first-order chi connectivity index (χ1) is 7.85. The Morgan fingerprint density at radius 1 is 1.65 bits per heavy atom. The summed E-state index contributed by atoms with van der Waals surface area (Å²) in [6.07, 6.45) is 1.36. The third-order valence-corrected chi connectivity index (χ3v) is 2.47. The van der Waals surface area contributed by atoms with Crippen LogP contribution in [0.25, 0.3) is 0 Å². The Hall–Kier alpha value is -1.40. The molecule has 6 nitrogen and oxygen atoms in total. The zero-order valence-electron chi connectivity index (χ0n) is 9.86. The maximum absolute atomic E-state index is 10.8. The van der Waals surface area contributed by atoms with Gasteiger partial charge in [-0.1, -0.05) is 11.6 Å². The molecule has 0 aliphatic heterocycles. The highest BCUT2D eigenvalue weighted by molar-refractivity contribution is 6.30. The Labute approximate surface area is 104 Å². The highest BCUT2D eigenvalue weighted by Crippen LogP contribution is 2.25. The molecule has 0 atom stereocenters. The van der Waals surface area contributed by atoms with Gasteiger partial charge in [-0.05, 0) is 13.8 Å². The first-order valence-corrected chi connectivity index (χ1v) is 5.32. The van der Waals surface area contributed by atoms with Crippen molar-refractivity contribution in [3.63, 3.8) is 0 Å². The molecule has 17 heavy (non-hydrogen) atoms. The minimum absolute atomic E-state index is 0.149. The molecule has 0 spiro atoms. The number of hydrogen-bond donors (Lipinski definition) is 1. The Balaban J connectivity index is 2.88. The van der Waals surface area contributed by atoms with Crippen LogP contribution in [0.3, 0.4) is 0 Å². The molecule has 1 aromatic rings. The van der Waals surface area contributed by atoms with Gasteiger partial charge in [0, 0.05) is 25.9 Å². The van der Waals surface area contributed by atoms with Gasteiger partial charge in [0.2, 0.25) is 5.82 Å². The number of nitrogens with zero attached hydrogens (tertiary/aromatic N) is 2. The molecular weight excluding hydrogens is 246 g/mol. The van der Waals surface area contributed by atoms with Crippen molar-refractivity contribution in [2.45, 2.75) is 19.4 Å². The van der Waals surface area contributed by atoms with Gasteiger partial charge in [-0.15, -0.1) is 0 Å². The van der Waals surface area contributed by atoms with Crippen LogP contribution in [0.5, 0.6) is 0 Å². The Morgan fingerprint density at radius 3 is 2.82 bits per heavy atom. The van der Waals surface area contributed by atoms with Gasteiger partial charge in [-0.2, -0.15) is 0 Å². The van der Waals surface area contributed by atoms with E-state index < -0.39 is 10.5 Å². The van der Waals surface area contributed by atoms with Crippen molar-refractivity contribution in [1.82, 2.24) is 4.98 Å². The van der Waals surface area contributed by atoms with E-state index in [9.17, 15) is 10.1 Å². The summed E-state index contributed by atoms with van der Waals surface area (Å²) in [5.41, 5.74) is -0.584. The number of ether oxygens (including phenoxy) is 1. The maximum atomic E-state index is 10.8. The minimum Gasteiger partial charge on any atom is -0.377 e. The Kier molecular flexibility index (Phi) is 4.25. The third-order valence-electron chi connectivity index (χ3n) is 2.27. The average Bonchev–Trinajstić information content (AvgIpc) is 2.27. The van der Waals surface area contributed by atoms with E-state index in [2.05, 4.69) is 10.3 Å². The second-order valence-corrected chi connectivity index (χ2v) is 4.53. The normalized spacial score (nSPS) is 11.3. The standard InChI is InChI=1S/C10H14ClN3O3/c1-10(2,17-3)6-13-9-8(14(15)16)4-7(11)5-12-9/h4-5H,6H2,1-3H3,(H,12,13). The lowest BCUT2D eigenvalue weighted by molar-refractivity contribution is -0.384. The topological polar surface area (TPSA) is 77.3 Å². The van der Waals surface area contributed by atoms with E-state index in [4.69, 9.17) is 16.3 Å². The number of nitro groups is 1. The quantitative estimate of drug-likeness (QED) is 0.649. The largest absolute Gasteiger partial charge is 0.377 e. The number of rotatable bonds is 5. The molecule has 0 aromatic carbocycles. The van der Waals surface area contributed by atoms with Crippen LogP contribution in [-0.4, -0.2) is 29.2 Å². The SMILES string of the molecule is COC(C)(C)CNc1ncc(Cl)cc1[N+](=O)[O-]. The summed E-state index contributed by atoms with van der Waals surface area (Å²) >= 11 is 5.66. The molecule has 0 aliphatic carbocycles. The van der Waals surface area contributed by atoms with Gasteiger partial charge in [0.25, 0.3) is 0 Å². The third kappa shape index (κ3) is 3.83. The Bertz CT molecular complexity index is 423. The van der Waals surface area contributed by atoms with Crippen molar-refractivity contribution in [1.29, 1.82) is 0 Å². The summed E-state index contributed by atoms with van der Waals surface area (Å²) in [5.74, 6) is 0.185. The van der Waals surface area contributed by atoms with E-state index in [1.807, 2.05) is 13.8 Å². The molecule has 1 N–H and O–H groups in total. The van der Waals surface area contributed by atoms with Crippen LogP contribution in [0.2, 0.25) is 5.02 Å². The van der Waals surface area contributed by atoms with Crippen LogP contribution in [0.4, 0.5) is 11.5 Å². The summed E-state index contributed by atoms with van der Waals surface area (Å²) in [6.45, 7) is 4.13. The number of aromatic nitrogens is 1. The van der Waals surface area contributed by atoms with E-state index in [0.29, 0.717) is 6.54 Å². The summed E-state index contributed by atoms with van der Waals surface area (Å²) in [5, 5.41) is 13.9. The molecular formula is C10H14ClN3O3. The highest BCUT2D eigenvalue weighted by atomic mass is 35.5. The zero-order chi connectivity index (χ0) is 13.1. The first kappa shape index (κ1) is 13.7. The van der Waals surface area contributed by atoms with E-state index in [-0.39, 0.29) is 16.5 Å². The molecule has 1 aromatic heterocycles. The molecule has 7 heteroatoms. The van der Waals surface area contributed by atoms with Crippen LogP contribution < -0.4 is 5.32 Å². The zero-order valence-corrected chi connectivity index (χ0v) is 10.6. The van der Waals surface area contributed by atoms with Gasteiger partial charge in [0.1, 0.15) is 0 Å². The molecule has 0 aliphatic rings. The molecule has 0 radical (unpaired) electrons. The van der Waals surface area contributed by atoms with Crippen molar-refractivity contribution in [3.05, 3.63) is 27.4 Å². The van der Waals surface area contributed by atoms with E-state index in [0.717, 1.165) is 0 Å². The molecule has 94 valence electrons. The van der Waals surface area contributed by atoms with Crippen molar-refractivity contribution in [2.24, 2.45) is 0 Å². The van der Waals surface area contributed by atoms with Crippen molar-refractivity contribution < 1.29 is 9.66 Å². The average molecular weight is 260 g/mol. The fourth-order valence-electron chi connectivity index (χ4n) is 1.07. The second-order valence-electron chi connectivity index (χ2n) is 4.10. The van der Waals surface area contributed by atoms with Crippen LogP contribution >= 0.6 is 11.6 Å². The summed E-state index contributed by atoms with van der Waals surface area (Å²) in [6, 6.07) is 1.26. The molecule has 1 heterocycles. The molecule has 1 rings (SSSR count). The van der Waals surface area contributed by atoms with E-state index in [1.54, 1.807) is 7.11 Å². The van der Waals surface area contributed by atoms with E-state index >= 15 is 0 Å². The van der Waals surface area contributed by atoms with Crippen LogP contribution in [0.1, 0.15) is 13.8 Å². The fourth-order valence-corrected chi connectivity index (χ4v) is 1.22.